The van der Waals surface area contributed by atoms with Crippen LogP contribution in [0, 0.1) is 10.1 Å². The van der Waals surface area contributed by atoms with Gasteiger partial charge in [-0.15, -0.1) is 0 Å². The van der Waals surface area contributed by atoms with E-state index in [1.54, 1.807) is 13.0 Å². The molecule has 1 aromatic carbocycles. The molecule has 1 fully saturated rings. The van der Waals surface area contributed by atoms with Crippen LogP contribution in [0.3, 0.4) is 0 Å². The summed E-state index contributed by atoms with van der Waals surface area (Å²) in [7, 11) is 1.48. The van der Waals surface area contributed by atoms with E-state index in [2.05, 4.69) is 0 Å². The van der Waals surface area contributed by atoms with Crippen LogP contribution in [0.15, 0.2) is 22.6 Å². The van der Waals surface area contributed by atoms with Crippen LogP contribution in [0.5, 0.6) is 5.75 Å². The van der Waals surface area contributed by atoms with Gasteiger partial charge in [-0.25, -0.2) is 0 Å². The number of rotatable bonds is 3. The number of non-ortho nitro benzene ring substituents is 1. The number of nitrogens with zero attached hydrogens (tertiary/aromatic N) is 1. The van der Waals surface area contributed by atoms with Gasteiger partial charge >= 0.3 is 0 Å². The second kappa shape index (κ2) is 6.33. The average Bonchev–Trinajstić information content (AvgIpc) is 3.15. The second-order valence-corrected chi connectivity index (χ2v) is 4.54. The van der Waals surface area contributed by atoms with E-state index in [-0.39, 0.29) is 5.69 Å². The van der Waals surface area contributed by atoms with Gasteiger partial charge in [-0.05, 0) is 13.0 Å². The first-order valence-corrected chi connectivity index (χ1v) is 7.08. The monoisotopic (exact) mass is 309 g/mol. The lowest BCUT2D eigenvalue weighted by atomic mass is 10.1. The minimum absolute atomic E-state index is 0.0441. The first-order valence-electron chi connectivity index (χ1n) is 7.08. The molecule has 0 spiro atoms. The third-order valence-corrected chi connectivity index (χ3v) is 3.33. The Morgan fingerprint density at radius 1 is 1.27 bits per heavy atom. The van der Waals surface area contributed by atoms with Gasteiger partial charge in [0.2, 0.25) is 5.79 Å². The molecule has 120 valence electrons. The van der Waals surface area contributed by atoms with E-state index in [9.17, 15) is 10.1 Å². The number of ether oxygens (including phenoxy) is 3. The van der Waals surface area contributed by atoms with Gasteiger partial charge in [-0.2, -0.15) is 0 Å². The number of furan rings is 1. The SMILES string of the molecule is CC.COc1ccc([N+](=O)[O-])c2cc(C3(C)OCCO3)oc12. The van der Waals surface area contributed by atoms with Gasteiger partial charge in [0.15, 0.2) is 17.1 Å². The molecule has 2 aromatic rings. The maximum Gasteiger partial charge on any atom is 0.280 e. The first kappa shape index (κ1) is 16.3. The summed E-state index contributed by atoms with van der Waals surface area (Å²) in [5, 5.41) is 11.5. The zero-order valence-corrected chi connectivity index (χ0v) is 13.0. The van der Waals surface area contributed by atoms with E-state index in [1.165, 1.54) is 19.2 Å². The van der Waals surface area contributed by atoms with Gasteiger partial charge in [0, 0.05) is 12.1 Å². The van der Waals surface area contributed by atoms with Crippen molar-refractivity contribution >= 4 is 16.7 Å². The van der Waals surface area contributed by atoms with Crippen LogP contribution in [0.1, 0.15) is 26.5 Å². The van der Waals surface area contributed by atoms with Gasteiger partial charge in [0.25, 0.3) is 5.69 Å². The number of hydrogen-bond acceptors (Lipinski definition) is 6. The lowest BCUT2D eigenvalue weighted by Gasteiger charge is -2.18. The summed E-state index contributed by atoms with van der Waals surface area (Å²) < 4.78 is 21.9. The summed E-state index contributed by atoms with van der Waals surface area (Å²) in [6, 6.07) is 4.47. The number of benzene rings is 1. The van der Waals surface area contributed by atoms with Crippen molar-refractivity contribution in [2.75, 3.05) is 20.3 Å². The highest BCUT2D eigenvalue weighted by Gasteiger charge is 2.38. The Kier molecular flexibility index (Phi) is 4.68. The number of nitro groups is 1. The van der Waals surface area contributed by atoms with Gasteiger partial charge in [0.05, 0.1) is 25.2 Å². The number of methoxy groups -OCH3 is 1. The number of hydrogen-bond donors (Lipinski definition) is 0. The average molecular weight is 309 g/mol. The molecule has 1 aromatic heterocycles. The highest BCUT2D eigenvalue weighted by molar-refractivity contribution is 5.92. The predicted molar refractivity (Wildman–Crippen MR) is 80.0 cm³/mol. The van der Waals surface area contributed by atoms with Gasteiger partial charge in [-0.3, -0.25) is 10.1 Å². The fraction of sp³-hybridized carbons (Fsp3) is 0.467. The molecule has 0 amide bonds. The largest absolute Gasteiger partial charge is 0.493 e. The number of fused-ring (bicyclic) bond motifs is 1. The topological polar surface area (TPSA) is 84.0 Å². The minimum atomic E-state index is -1.02. The van der Waals surface area contributed by atoms with E-state index in [4.69, 9.17) is 18.6 Å². The lowest BCUT2D eigenvalue weighted by Crippen LogP contribution is -2.21. The smallest absolute Gasteiger partial charge is 0.280 e. The summed E-state index contributed by atoms with van der Waals surface area (Å²) in [4.78, 5) is 10.6. The molecule has 0 unspecified atom stereocenters. The fourth-order valence-electron chi connectivity index (χ4n) is 2.28. The molecule has 1 aliphatic heterocycles. The lowest BCUT2D eigenvalue weighted by molar-refractivity contribution is -0.383. The van der Waals surface area contributed by atoms with Crippen LogP contribution < -0.4 is 4.74 Å². The van der Waals surface area contributed by atoms with Gasteiger partial charge in [-0.1, -0.05) is 13.8 Å². The molecule has 0 N–H and O–H groups in total. The van der Waals surface area contributed by atoms with E-state index in [1.807, 2.05) is 13.8 Å². The summed E-state index contributed by atoms with van der Waals surface area (Å²) in [6.45, 7) is 6.62. The third-order valence-electron chi connectivity index (χ3n) is 3.33. The van der Waals surface area contributed by atoms with Crippen LogP contribution in [0.25, 0.3) is 11.0 Å². The normalized spacial score (nSPS) is 16.2. The number of nitro benzene ring substituents is 1. The molecule has 22 heavy (non-hydrogen) atoms. The summed E-state index contributed by atoms with van der Waals surface area (Å²) in [5.74, 6) is -0.200. The summed E-state index contributed by atoms with van der Waals surface area (Å²) in [5.41, 5.74) is 0.273. The van der Waals surface area contributed by atoms with Crippen molar-refractivity contribution in [3.8, 4) is 5.75 Å². The van der Waals surface area contributed by atoms with Gasteiger partial charge in [0.1, 0.15) is 5.39 Å². The molecule has 1 saturated heterocycles. The molecular formula is C15H19NO6. The Bertz CT molecular complexity index is 672. The molecule has 7 heteroatoms. The van der Waals surface area contributed by atoms with Crippen molar-refractivity contribution in [1.82, 2.24) is 0 Å². The summed E-state index contributed by atoms with van der Waals surface area (Å²) >= 11 is 0. The van der Waals surface area contributed by atoms with Crippen molar-refractivity contribution < 1.29 is 23.6 Å². The highest BCUT2D eigenvalue weighted by Crippen LogP contribution is 2.40. The van der Waals surface area contributed by atoms with Crippen LogP contribution in [0.4, 0.5) is 5.69 Å². The molecule has 7 nitrogen and oxygen atoms in total. The predicted octanol–water partition coefficient (Wildman–Crippen LogP) is 3.60. The van der Waals surface area contributed by atoms with E-state index >= 15 is 0 Å². The van der Waals surface area contributed by atoms with Crippen molar-refractivity contribution in [3.05, 3.63) is 34.1 Å². The van der Waals surface area contributed by atoms with E-state index in [0.29, 0.717) is 35.7 Å². The zero-order valence-electron chi connectivity index (χ0n) is 13.0. The fourth-order valence-corrected chi connectivity index (χ4v) is 2.28. The van der Waals surface area contributed by atoms with E-state index < -0.39 is 10.7 Å². The Hall–Kier alpha value is -2.12. The Labute approximate surface area is 127 Å². The molecule has 2 heterocycles. The quantitative estimate of drug-likeness (QED) is 0.636. The van der Waals surface area contributed by atoms with E-state index in [0.717, 1.165) is 0 Å². The maximum absolute atomic E-state index is 11.1. The highest BCUT2D eigenvalue weighted by atomic mass is 16.7. The standard InChI is InChI=1S/C13H13NO6.C2H6/c1-13(18-5-6-19-13)11-7-8-9(14(15)16)3-4-10(17-2)12(8)20-11;1-2/h3-4,7H,5-6H2,1-2H3;1-2H3. The molecule has 1 aliphatic rings. The van der Waals surface area contributed by atoms with Gasteiger partial charge < -0.3 is 18.6 Å². The van der Waals surface area contributed by atoms with Crippen molar-refractivity contribution in [2.45, 2.75) is 26.6 Å². The van der Waals surface area contributed by atoms with Crippen LogP contribution in [-0.4, -0.2) is 25.2 Å². The van der Waals surface area contributed by atoms with Crippen molar-refractivity contribution in [1.29, 1.82) is 0 Å². The Balaban J connectivity index is 0.000000847. The van der Waals surface area contributed by atoms with Crippen LogP contribution in [-0.2, 0) is 15.3 Å². The molecule has 0 saturated carbocycles. The molecule has 0 atom stereocenters. The Morgan fingerprint density at radius 2 is 1.91 bits per heavy atom. The second-order valence-electron chi connectivity index (χ2n) is 4.54. The van der Waals surface area contributed by atoms with Crippen LogP contribution in [0.2, 0.25) is 0 Å². The minimum Gasteiger partial charge on any atom is -0.493 e. The maximum atomic E-state index is 11.1. The van der Waals surface area contributed by atoms with Crippen molar-refractivity contribution in [3.63, 3.8) is 0 Å². The zero-order chi connectivity index (χ0) is 16.3. The van der Waals surface area contributed by atoms with Crippen molar-refractivity contribution in [2.24, 2.45) is 0 Å². The molecular weight excluding hydrogens is 290 g/mol. The first-order chi connectivity index (χ1) is 10.5. The van der Waals surface area contributed by atoms with Crippen LogP contribution >= 0.6 is 0 Å². The molecule has 0 radical (unpaired) electrons. The molecule has 3 rings (SSSR count). The third kappa shape index (κ3) is 2.65. The molecule has 0 bridgehead atoms. The molecule has 0 aliphatic carbocycles. The summed E-state index contributed by atoms with van der Waals surface area (Å²) in [6.07, 6.45) is 0. The Morgan fingerprint density at radius 3 is 2.45 bits per heavy atom.